The molecule has 0 aromatic heterocycles. The molecule has 0 heterocycles. The van der Waals surface area contributed by atoms with Crippen LogP contribution in [0.1, 0.15) is 20.8 Å². The SMILES string of the molecule is C=C(/C=C(\C=C/C)C(=N/C)/C(C)=C(\C)NC)C(=O)O. The van der Waals surface area contributed by atoms with Gasteiger partial charge in [-0.05, 0) is 32.4 Å². The van der Waals surface area contributed by atoms with Gasteiger partial charge in [-0.25, -0.2) is 4.79 Å². The van der Waals surface area contributed by atoms with Crippen molar-refractivity contribution in [2.24, 2.45) is 4.99 Å². The smallest absolute Gasteiger partial charge is 0.335 e. The fraction of sp³-hybridized carbons (Fsp3) is 0.333. The Morgan fingerprint density at radius 1 is 1.37 bits per heavy atom. The van der Waals surface area contributed by atoms with Crippen LogP contribution in [0.25, 0.3) is 0 Å². The zero-order chi connectivity index (χ0) is 15.0. The van der Waals surface area contributed by atoms with Crippen molar-refractivity contribution in [1.82, 2.24) is 5.32 Å². The molecule has 0 unspecified atom stereocenters. The number of hydrogen-bond donors (Lipinski definition) is 2. The van der Waals surface area contributed by atoms with Gasteiger partial charge in [0.1, 0.15) is 0 Å². The normalized spacial score (nSPS) is 14.4. The molecule has 0 aliphatic heterocycles. The summed E-state index contributed by atoms with van der Waals surface area (Å²) in [6, 6.07) is 0. The van der Waals surface area contributed by atoms with Gasteiger partial charge in [-0.15, -0.1) is 0 Å². The number of aliphatic carboxylic acids is 1. The molecule has 19 heavy (non-hydrogen) atoms. The molecule has 0 atom stereocenters. The number of carbonyl (C=O) groups is 1. The molecule has 0 aliphatic carbocycles. The van der Waals surface area contributed by atoms with E-state index in [0.29, 0.717) is 0 Å². The zero-order valence-corrected chi connectivity index (χ0v) is 12.2. The summed E-state index contributed by atoms with van der Waals surface area (Å²) < 4.78 is 0. The summed E-state index contributed by atoms with van der Waals surface area (Å²) in [7, 11) is 3.52. The molecule has 104 valence electrons. The predicted molar refractivity (Wildman–Crippen MR) is 80.5 cm³/mol. The third-order valence-corrected chi connectivity index (χ3v) is 2.74. The second-order valence-electron chi connectivity index (χ2n) is 4.00. The lowest BCUT2D eigenvalue weighted by atomic mass is 9.99. The molecular formula is C15H22N2O2. The Morgan fingerprint density at radius 3 is 2.32 bits per heavy atom. The van der Waals surface area contributed by atoms with Gasteiger partial charge in [-0.3, -0.25) is 4.99 Å². The Hall–Kier alpha value is -2.10. The van der Waals surface area contributed by atoms with Crippen molar-refractivity contribution in [3.8, 4) is 0 Å². The Labute approximate surface area is 114 Å². The van der Waals surface area contributed by atoms with Crippen LogP contribution in [0.3, 0.4) is 0 Å². The summed E-state index contributed by atoms with van der Waals surface area (Å²) in [6.45, 7) is 9.27. The van der Waals surface area contributed by atoms with E-state index in [-0.39, 0.29) is 5.57 Å². The number of nitrogens with one attached hydrogen (secondary N) is 1. The molecule has 4 nitrogen and oxygen atoms in total. The maximum Gasteiger partial charge on any atom is 0.335 e. The van der Waals surface area contributed by atoms with Crippen molar-refractivity contribution in [3.63, 3.8) is 0 Å². The molecule has 0 aromatic carbocycles. The minimum Gasteiger partial charge on any atom is -0.478 e. The quantitative estimate of drug-likeness (QED) is 0.439. The van der Waals surface area contributed by atoms with E-state index >= 15 is 0 Å². The largest absolute Gasteiger partial charge is 0.478 e. The molecule has 2 N–H and O–H groups in total. The van der Waals surface area contributed by atoms with Gasteiger partial charge in [0.15, 0.2) is 0 Å². The van der Waals surface area contributed by atoms with Gasteiger partial charge in [0, 0.05) is 25.4 Å². The standard InChI is InChI=1S/C15H22N2O2/c1-7-8-13(9-10(2)15(18)19)14(17-6)11(3)12(4)16-5/h7-9,16H,2H2,1,3-6H3,(H,18,19)/b8-7-,12-11+,13-9+,17-14+. The van der Waals surface area contributed by atoms with E-state index in [1.807, 2.05) is 40.0 Å². The lowest BCUT2D eigenvalue weighted by Crippen LogP contribution is -2.13. The van der Waals surface area contributed by atoms with Crippen LogP contribution in [0.5, 0.6) is 0 Å². The van der Waals surface area contributed by atoms with Gasteiger partial charge in [0.25, 0.3) is 0 Å². The first kappa shape index (κ1) is 16.9. The van der Waals surface area contributed by atoms with Crippen LogP contribution in [0, 0.1) is 0 Å². The molecule has 4 heteroatoms. The molecular weight excluding hydrogens is 240 g/mol. The fourth-order valence-electron chi connectivity index (χ4n) is 1.50. The lowest BCUT2D eigenvalue weighted by Gasteiger charge is -2.12. The van der Waals surface area contributed by atoms with Crippen molar-refractivity contribution in [2.45, 2.75) is 20.8 Å². The summed E-state index contributed by atoms with van der Waals surface area (Å²) in [6.07, 6.45) is 5.19. The van der Waals surface area contributed by atoms with Gasteiger partial charge < -0.3 is 10.4 Å². The van der Waals surface area contributed by atoms with Gasteiger partial charge in [0.05, 0.1) is 11.3 Å². The van der Waals surface area contributed by atoms with Crippen molar-refractivity contribution in [2.75, 3.05) is 14.1 Å². The average molecular weight is 262 g/mol. The molecule has 0 aliphatic rings. The number of nitrogens with zero attached hydrogens (tertiary/aromatic N) is 1. The average Bonchev–Trinajstić information content (AvgIpc) is 2.38. The second kappa shape index (κ2) is 8.08. The van der Waals surface area contributed by atoms with Crippen LogP contribution in [0.2, 0.25) is 0 Å². The molecule has 0 spiro atoms. The van der Waals surface area contributed by atoms with E-state index in [1.165, 1.54) is 6.08 Å². The van der Waals surface area contributed by atoms with E-state index < -0.39 is 5.97 Å². The van der Waals surface area contributed by atoms with Crippen LogP contribution in [-0.4, -0.2) is 30.9 Å². The third-order valence-electron chi connectivity index (χ3n) is 2.74. The highest BCUT2D eigenvalue weighted by molar-refractivity contribution is 6.15. The van der Waals surface area contributed by atoms with Crippen LogP contribution in [0.15, 0.2) is 52.2 Å². The maximum absolute atomic E-state index is 10.9. The van der Waals surface area contributed by atoms with Crippen LogP contribution < -0.4 is 5.32 Å². The molecule has 0 saturated carbocycles. The number of allylic oxidation sites excluding steroid dienone is 5. The van der Waals surface area contributed by atoms with E-state index in [1.54, 1.807) is 7.05 Å². The zero-order valence-electron chi connectivity index (χ0n) is 12.2. The van der Waals surface area contributed by atoms with E-state index in [2.05, 4.69) is 16.9 Å². The highest BCUT2D eigenvalue weighted by atomic mass is 16.4. The Morgan fingerprint density at radius 2 is 1.95 bits per heavy atom. The minimum absolute atomic E-state index is 0.0316. The summed E-state index contributed by atoms with van der Waals surface area (Å²) in [5.41, 5.74) is 3.45. The predicted octanol–water partition coefficient (Wildman–Crippen LogP) is 2.71. The first-order valence-electron chi connectivity index (χ1n) is 5.98. The number of aliphatic imine (C=N–C) groups is 1. The van der Waals surface area contributed by atoms with Crippen LogP contribution in [0.4, 0.5) is 0 Å². The number of carboxylic acids is 1. The molecule has 0 bridgehead atoms. The fourth-order valence-corrected chi connectivity index (χ4v) is 1.50. The first-order chi connectivity index (χ1) is 8.88. The van der Waals surface area contributed by atoms with Gasteiger partial charge >= 0.3 is 5.97 Å². The van der Waals surface area contributed by atoms with Crippen LogP contribution >= 0.6 is 0 Å². The monoisotopic (exact) mass is 262 g/mol. The Bertz CT molecular complexity index is 480. The van der Waals surface area contributed by atoms with Crippen molar-refractivity contribution >= 4 is 11.7 Å². The van der Waals surface area contributed by atoms with Crippen LogP contribution in [-0.2, 0) is 4.79 Å². The lowest BCUT2D eigenvalue weighted by molar-refractivity contribution is -0.132. The maximum atomic E-state index is 10.9. The highest BCUT2D eigenvalue weighted by Crippen LogP contribution is 2.14. The van der Waals surface area contributed by atoms with E-state index in [9.17, 15) is 4.79 Å². The molecule has 0 radical (unpaired) electrons. The van der Waals surface area contributed by atoms with Gasteiger partial charge in [-0.2, -0.15) is 0 Å². The molecule has 0 saturated heterocycles. The second-order valence-corrected chi connectivity index (χ2v) is 4.00. The van der Waals surface area contributed by atoms with Crippen molar-refractivity contribution in [1.29, 1.82) is 0 Å². The van der Waals surface area contributed by atoms with Gasteiger partial charge in [0.2, 0.25) is 0 Å². The molecule has 0 rings (SSSR count). The van der Waals surface area contributed by atoms with Gasteiger partial charge in [-0.1, -0.05) is 18.7 Å². The number of rotatable bonds is 6. The number of hydrogen-bond acceptors (Lipinski definition) is 3. The van der Waals surface area contributed by atoms with E-state index in [0.717, 1.165) is 22.6 Å². The van der Waals surface area contributed by atoms with E-state index in [4.69, 9.17) is 5.11 Å². The first-order valence-corrected chi connectivity index (χ1v) is 5.98. The third kappa shape index (κ3) is 4.95. The molecule has 0 aromatic rings. The number of carboxylic acid groups (broad SMARTS) is 1. The van der Waals surface area contributed by atoms with Crippen molar-refractivity contribution < 1.29 is 9.90 Å². The van der Waals surface area contributed by atoms with Crippen molar-refractivity contribution in [3.05, 3.63) is 47.2 Å². The molecule has 0 amide bonds. The highest BCUT2D eigenvalue weighted by Gasteiger charge is 2.10. The topological polar surface area (TPSA) is 61.7 Å². The minimum atomic E-state index is -1.04. The Kier molecular flexibility index (Phi) is 7.19. The summed E-state index contributed by atoms with van der Waals surface area (Å²) in [4.78, 5) is 15.1. The Balaban J connectivity index is 5.76. The summed E-state index contributed by atoms with van der Waals surface area (Å²) >= 11 is 0. The summed E-state index contributed by atoms with van der Waals surface area (Å²) in [5.74, 6) is -1.04. The summed E-state index contributed by atoms with van der Waals surface area (Å²) in [5, 5.41) is 12.0. The molecule has 0 fully saturated rings.